The number of nitro benzene ring substituents is 1. The van der Waals surface area contributed by atoms with Gasteiger partial charge in [0.05, 0.1) is 4.92 Å². The molecule has 1 fully saturated rings. The molecule has 0 atom stereocenters. The fourth-order valence-electron chi connectivity index (χ4n) is 2.43. The molecule has 2 aromatic rings. The first kappa shape index (κ1) is 15.7. The van der Waals surface area contributed by atoms with Crippen molar-refractivity contribution in [2.45, 2.75) is 0 Å². The molecule has 1 aliphatic heterocycles. The van der Waals surface area contributed by atoms with Crippen LogP contribution in [-0.2, 0) is 0 Å². The number of hydrogen-bond donors (Lipinski definition) is 1. The van der Waals surface area contributed by atoms with Crippen LogP contribution < -0.4 is 10.2 Å². The molecule has 0 radical (unpaired) electrons. The first-order valence-electron chi connectivity index (χ1n) is 7.46. The van der Waals surface area contributed by atoms with Crippen molar-refractivity contribution < 1.29 is 9.72 Å². The average molecular weight is 328 g/mol. The number of hydrogen-bond acceptors (Lipinski definition) is 6. The van der Waals surface area contributed by atoms with Gasteiger partial charge in [-0.2, -0.15) is 0 Å². The Kier molecular flexibility index (Phi) is 4.50. The van der Waals surface area contributed by atoms with Crippen LogP contribution in [0.2, 0.25) is 0 Å². The van der Waals surface area contributed by atoms with Gasteiger partial charge in [-0.1, -0.05) is 0 Å². The third-order valence-corrected chi connectivity index (χ3v) is 3.73. The SMILES string of the molecule is O=C(Nc1ccc([N+](=O)[O-])cc1)N1CCN(c2ncccn2)CC1. The molecule has 2 amide bonds. The Labute approximate surface area is 138 Å². The number of amides is 2. The molecule has 9 nitrogen and oxygen atoms in total. The van der Waals surface area contributed by atoms with Crippen molar-refractivity contribution in [2.24, 2.45) is 0 Å². The van der Waals surface area contributed by atoms with Crippen LogP contribution >= 0.6 is 0 Å². The minimum atomic E-state index is -0.476. The Morgan fingerprint density at radius 2 is 1.71 bits per heavy atom. The Bertz CT molecular complexity index is 714. The topological polar surface area (TPSA) is 104 Å². The van der Waals surface area contributed by atoms with E-state index in [0.717, 1.165) is 0 Å². The molecule has 3 rings (SSSR count). The van der Waals surface area contributed by atoms with Crippen molar-refractivity contribution in [3.05, 3.63) is 52.8 Å². The smallest absolute Gasteiger partial charge is 0.321 e. The lowest BCUT2D eigenvalue weighted by atomic mass is 10.3. The lowest BCUT2D eigenvalue weighted by molar-refractivity contribution is -0.384. The quantitative estimate of drug-likeness (QED) is 0.680. The first-order valence-corrected chi connectivity index (χ1v) is 7.46. The van der Waals surface area contributed by atoms with Gasteiger partial charge >= 0.3 is 6.03 Å². The first-order chi connectivity index (χ1) is 11.6. The van der Waals surface area contributed by atoms with Crippen LogP contribution in [-0.4, -0.2) is 52.0 Å². The molecule has 1 aromatic heterocycles. The lowest BCUT2D eigenvalue weighted by Crippen LogP contribution is -2.50. The maximum absolute atomic E-state index is 12.3. The number of nitrogens with zero attached hydrogens (tertiary/aromatic N) is 5. The number of urea groups is 1. The van der Waals surface area contributed by atoms with E-state index in [1.807, 2.05) is 4.90 Å². The number of anilines is 2. The van der Waals surface area contributed by atoms with E-state index in [9.17, 15) is 14.9 Å². The predicted octanol–water partition coefficient (Wildman–Crippen LogP) is 1.74. The highest BCUT2D eigenvalue weighted by atomic mass is 16.6. The van der Waals surface area contributed by atoms with Gasteiger partial charge in [0.1, 0.15) is 0 Å². The van der Waals surface area contributed by atoms with Crippen molar-refractivity contribution in [3.63, 3.8) is 0 Å². The number of non-ortho nitro benzene ring substituents is 1. The number of aromatic nitrogens is 2. The van der Waals surface area contributed by atoms with Crippen molar-refractivity contribution >= 4 is 23.4 Å². The van der Waals surface area contributed by atoms with Crippen molar-refractivity contribution in [2.75, 3.05) is 36.4 Å². The summed E-state index contributed by atoms with van der Waals surface area (Å²) in [6.45, 7) is 2.41. The van der Waals surface area contributed by atoms with Crippen LogP contribution in [0, 0.1) is 10.1 Å². The predicted molar refractivity (Wildman–Crippen MR) is 87.9 cm³/mol. The van der Waals surface area contributed by atoms with Crippen molar-refractivity contribution in [1.29, 1.82) is 0 Å². The average Bonchev–Trinajstić information content (AvgIpc) is 2.63. The highest BCUT2D eigenvalue weighted by molar-refractivity contribution is 5.89. The summed E-state index contributed by atoms with van der Waals surface area (Å²) in [5, 5.41) is 13.4. The van der Waals surface area contributed by atoms with Gasteiger partial charge in [-0.25, -0.2) is 14.8 Å². The number of nitrogens with one attached hydrogen (secondary N) is 1. The van der Waals surface area contributed by atoms with Crippen LogP contribution in [0.1, 0.15) is 0 Å². The van der Waals surface area contributed by atoms with Gasteiger partial charge in [0.2, 0.25) is 5.95 Å². The van der Waals surface area contributed by atoms with Gasteiger partial charge in [-0.15, -0.1) is 0 Å². The number of carbonyl (C=O) groups is 1. The molecule has 0 spiro atoms. The van der Waals surface area contributed by atoms with Gasteiger partial charge < -0.3 is 15.1 Å². The van der Waals surface area contributed by atoms with Crippen LogP contribution in [0.15, 0.2) is 42.7 Å². The van der Waals surface area contributed by atoms with Gasteiger partial charge in [0, 0.05) is 56.4 Å². The zero-order chi connectivity index (χ0) is 16.9. The Morgan fingerprint density at radius 1 is 1.08 bits per heavy atom. The molecule has 1 aromatic carbocycles. The van der Waals surface area contributed by atoms with Crippen molar-refractivity contribution in [3.8, 4) is 0 Å². The second kappa shape index (κ2) is 6.90. The number of piperazine rings is 1. The molecule has 9 heteroatoms. The number of carbonyl (C=O) groups excluding carboxylic acids is 1. The monoisotopic (exact) mass is 328 g/mol. The van der Waals surface area contributed by atoms with Gasteiger partial charge in [0.25, 0.3) is 5.69 Å². The van der Waals surface area contributed by atoms with E-state index in [0.29, 0.717) is 37.8 Å². The van der Waals surface area contributed by atoms with E-state index in [-0.39, 0.29) is 11.7 Å². The Balaban J connectivity index is 1.54. The van der Waals surface area contributed by atoms with Gasteiger partial charge in [-0.05, 0) is 18.2 Å². The zero-order valence-electron chi connectivity index (χ0n) is 12.8. The fraction of sp³-hybridized carbons (Fsp3) is 0.267. The van der Waals surface area contributed by atoms with E-state index in [1.165, 1.54) is 24.3 Å². The normalized spacial score (nSPS) is 14.3. The number of rotatable bonds is 3. The third-order valence-electron chi connectivity index (χ3n) is 3.73. The van der Waals surface area contributed by atoms with Gasteiger partial charge in [-0.3, -0.25) is 10.1 Å². The summed E-state index contributed by atoms with van der Waals surface area (Å²) in [5.41, 5.74) is 0.517. The van der Waals surface area contributed by atoms with Crippen LogP contribution in [0.25, 0.3) is 0 Å². The van der Waals surface area contributed by atoms with Gasteiger partial charge in [0.15, 0.2) is 0 Å². The lowest BCUT2D eigenvalue weighted by Gasteiger charge is -2.34. The number of benzene rings is 1. The van der Waals surface area contributed by atoms with E-state index < -0.39 is 4.92 Å². The van der Waals surface area contributed by atoms with Crippen molar-refractivity contribution in [1.82, 2.24) is 14.9 Å². The van der Waals surface area contributed by atoms with E-state index in [1.54, 1.807) is 23.4 Å². The van der Waals surface area contributed by atoms with E-state index in [4.69, 9.17) is 0 Å². The largest absolute Gasteiger partial charge is 0.337 e. The van der Waals surface area contributed by atoms with Crippen LogP contribution in [0.5, 0.6) is 0 Å². The summed E-state index contributed by atoms with van der Waals surface area (Å²) in [4.78, 5) is 34.5. The summed E-state index contributed by atoms with van der Waals surface area (Å²) >= 11 is 0. The molecular formula is C15H16N6O3. The summed E-state index contributed by atoms with van der Waals surface area (Å²) in [7, 11) is 0. The van der Waals surface area contributed by atoms with Crippen LogP contribution in [0.3, 0.4) is 0 Å². The molecule has 124 valence electrons. The minimum Gasteiger partial charge on any atom is -0.337 e. The molecule has 24 heavy (non-hydrogen) atoms. The number of nitro groups is 1. The second-order valence-corrected chi connectivity index (χ2v) is 5.26. The molecule has 0 unspecified atom stereocenters. The second-order valence-electron chi connectivity index (χ2n) is 5.26. The maximum Gasteiger partial charge on any atom is 0.321 e. The molecule has 0 bridgehead atoms. The zero-order valence-corrected chi connectivity index (χ0v) is 12.8. The summed E-state index contributed by atoms with van der Waals surface area (Å²) in [6.07, 6.45) is 3.38. The standard InChI is InChI=1S/C15H16N6O3/c22-15(18-12-2-4-13(5-3-12)21(23)24)20-10-8-19(9-11-20)14-16-6-1-7-17-14/h1-7H,8-11H2,(H,18,22). The summed E-state index contributed by atoms with van der Waals surface area (Å²) in [5.74, 6) is 0.660. The maximum atomic E-state index is 12.3. The Hall–Kier alpha value is -3.23. The van der Waals surface area contributed by atoms with E-state index >= 15 is 0 Å². The molecule has 1 aliphatic rings. The fourth-order valence-corrected chi connectivity index (χ4v) is 2.43. The molecule has 1 saturated heterocycles. The molecular weight excluding hydrogens is 312 g/mol. The third kappa shape index (κ3) is 3.57. The molecule has 0 aliphatic carbocycles. The van der Waals surface area contributed by atoms with E-state index in [2.05, 4.69) is 15.3 Å². The molecule has 0 saturated carbocycles. The molecule has 1 N–H and O–H groups in total. The highest BCUT2D eigenvalue weighted by Gasteiger charge is 2.22. The summed E-state index contributed by atoms with van der Waals surface area (Å²) in [6, 6.07) is 7.30. The minimum absolute atomic E-state index is 0.00975. The van der Waals surface area contributed by atoms with Crippen LogP contribution in [0.4, 0.5) is 22.1 Å². The molecule has 2 heterocycles. The highest BCUT2D eigenvalue weighted by Crippen LogP contribution is 2.16. The Morgan fingerprint density at radius 3 is 2.29 bits per heavy atom. The summed E-state index contributed by atoms with van der Waals surface area (Å²) < 4.78 is 0.